The second-order valence-electron chi connectivity index (χ2n) is 4.11. The zero-order valence-electron chi connectivity index (χ0n) is 10.9. The predicted octanol–water partition coefficient (Wildman–Crippen LogP) is 2.52. The van der Waals surface area contributed by atoms with Crippen LogP contribution in [0.1, 0.15) is 18.6 Å². The molecule has 0 radical (unpaired) electrons. The fourth-order valence-electron chi connectivity index (χ4n) is 1.82. The van der Waals surface area contributed by atoms with E-state index in [1.807, 2.05) is 4.90 Å². The molecule has 0 aliphatic heterocycles. The Morgan fingerprint density at radius 2 is 2.28 bits per heavy atom. The third-order valence-electron chi connectivity index (χ3n) is 2.70. The molecule has 3 nitrogen and oxygen atoms in total. The number of benzene rings is 1. The highest BCUT2D eigenvalue weighted by atomic mass is 19.1. The van der Waals surface area contributed by atoms with Crippen LogP contribution >= 0.6 is 0 Å². The summed E-state index contributed by atoms with van der Waals surface area (Å²) in [5, 5.41) is 9.72. The highest BCUT2D eigenvalue weighted by Gasteiger charge is 2.14. The van der Waals surface area contributed by atoms with E-state index in [1.54, 1.807) is 26.2 Å². The maximum absolute atomic E-state index is 13.2. The molecule has 18 heavy (non-hydrogen) atoms. The van der Waals surface area contributed by atoms with Gasteiger partial charge in [-0.2, -0.15) is 0 Å². The molecule has 0 amide bonds. The summed E-state index contributed by atoms with van der Waals surface area (Å²) < 4.78 is 18.3. The van der Waals surface area contributed by atoms with E-state index in [-0.39, 0.29) is 5.82 Å². The Balaban J connectivity index is 3.05. The molecule has 0 aromatic heterocycles. The van der Waals surface area contributed by atoms with Crippen molar-refractivity contribution in [2.75, 3.05) is 31.7 Å². The van der Waals surface area contributed by atoms with E-state index in [4.69, 9.17) is 4.74 Å². The number of nitrogens with zero attached hydrogens (tertiary/aromatic N) is 1. The molecule has 1 unspecified atom stereocenters. The van der Waals surface area contributed by atoms with Crippen molar-refractivity contribution in [3.05, 3.63) is 42.2 Å². The number of methoxy groups -OCH3 is 1. The highest BCUT2D eigenvalue weighted by Crippen LogP contribution is 2.27. The Bertz CT molecular complexity index is 393. The zero-order chi connectivity index (χ0) is 13.5. The smallest absolute Gasteiger partial charge is 0.123 e. The average Bonchev–Trinajstić information content (AvgIpc) is 2.34. The molecule has 0 bridgehead atoms. The summed E-state index contributed by atoms with van der Waals surface area (Å²) in [7, 11) is 1.63. The van der Waals surface area contributed by atoms with E-state index >= 15 is 0 Å². The van der Waals surface area contributed by atoms with Crippen molar-refractivity contribution < 1.29 is 14.2 Å². The third-order valence-corrected chi connectivity index (χ3v) is 2.70. The number of hydrogen-bond donors (Lipinski definition) is 1. The summed E-state index contributed by atoms with van der Waals surface area (Å²) in [5.74, 6) is -0.347. The Labute approximate surface area is 107 Å². The van der Waals surface area contributed by atoms with E-state index in [9.17, 15) is 9.50 Å². The van der Waals surface area contributed by atoms with Gasteiger partial charge in [0.05, 0.1) is 12.7 Å². The molecule has 0 fully saturated rings. The molecule has 1 atom stereocenters. The number of hydrogen-bond acceptors (Lipinski definition) is 3. The Morgan fingerprint density at radius 3 is 2.83 bits per heavy atom. The lowest BCUT2D eigenvalue weighted by atomic mass is 10.1. The zero-order valence-corrected chi connectivity index (χ0v) is 10.9. The molecule has 0 aliphatic carbocycles. The molecular weight excluding hydrogens is 233 g/mol. The van der Waals surface area contributed by atoms with E-state index in [2.05, 4.69) is 6.58 Å². The number of anilines is 1. The first-order chi connectivity index (χ1) is 8.60. The van der Waals surface area contributed by atoms with Gasteiger partial charge in [0.25, 0.3) is 0 Å². The molecule has 100 valence electrons. The van der Waals surface area contributed by atoms with Crippen molar-refractivity contribution in [1.29, 1.82) is 0 Å². The topological polar surface area (TPSA) is 32.7 Å². The van der Waals surface area contributed by atoms with Crippen molar-refractivity contribution in [3.8, 4) is 0 Å². The van der Waals surface area contributed by atoms with Crippen molar-refractivity contribution in [1.82, 2.24) is 0 Å². The van der Waals surface area contributed by atoms with Crippen LogP contribution in [0.5, 0.6) is 0 Å². The normalized spacial score (nSPS) is 12.2. The molecule has 0 saturated heterocycles. The van der Waals surface area contributed by atoms with Gasteiger partial charge in [-0.05, 0) is 25.1 Å². The minimum absolute atomic E-state index is 0.347. The molecule has 1 aromatic rings. The molecule has 4 heteroatoms. The Morgan fingerprint density at radius 1 is 1.56 bits per heavy atom. The lowest BCUT2D eigenvalue weighted by Gasteiger charge is -2.26. The summed E-state index contributed by atoms with van der Waals surface area (Å²) in [4.78, 5) is 2.00. The fourth-order valence-corrected chi connectivity index (χ4v) is 1.82. The van der Waals surface area contributed by atoms with Crippen molar-refractivity contribution in [2.45, 2.75) is 13.0 Å². The highest BCUT2D eigenvalue weighted by molar-refractivity contribution is 5.55. The van der Waals surface area contributed by atoms with Crippen LogP contribution < -0.4 is 4.90 Å². The van der Waals surface area contributed by atoms with Gasteiger partial charge < -0.3 is 14.7 Å². The van der Waals surface area contributed by atoms with Crippen molar-refractivity contribution >= 4 is 5.69 Å². The first-order valence-corrected chi connectivity index (χ1v) is 5.92. The number of aliphatic hydroxyl groups excluding tert-OH is 1. The quantitative estimate of drug-likeness (QED) is 0.758. The summed E-state index contributed by atoms with van der Waals surface area (Å²) >= 11 is 0. The Hall–Kier alpha value is -1.39. The fraction of sp³-hybridized carbons (Fsp3) is 0.429. The summed E-state index contributed by atoms with van der Waals surface area (Å²) in [6.45, 7) is 7.17. The average molecular weight is 253 g/mol. The molecule has 0 saturated carbocycles. The van der Waals surface area contributed by atoms with E-state index in [0.29, 0.717) is 25.3 Å². The van der Waals surface area contributed by atoms with Gasteiger partial charge in [-0.1, -0.05) is 6.08 Å². The van der Waals surface area contributed by atoms with E-state index < -0.39 is 6.10 Å². The summed E-state index contributed by atoms with van der Waals surface area (Å²) in [6, 6.07) is 4.43. The Kier molecular flexibility index (Phi) is 5.82. The van der Waals surface area contributed by atoms with Gasteiger partial charge in [-0.15, -0.1) is 6.58 Å². The minimum Gasteiger partial charge on any atom is -0.389 e. The number of halogens is 1. The number of aliphatic hydroxyl groups is 1. The van der Waals surface area contributed by atoms with Crippen LogP contribution in [0.15, 0.2) is 30.9 Å². The SMILES string of the molecule is C=CCN(CCOC)c1ccc(F)cc1C(C)O. The van der Waals surface area contributed by atoms with Crippen LogP contribution in [0.4, 0.5) is 10.1 Å². The summed E-state index contributed by atoms with van der Waals surface area (Å²) in [6.07, 6.45) is 1.05. The molecule has 0 aliphatic rings. The molecular formula is C14H20FNO2. The first kappa shape index (κ1) is 14.7. The standard InChI is InChI=1S/C14H20FNO2/c1-4-7-16(8-9-18-3)14-6-5-12(15)10-13(14)11(2)17/h4-6,10-11,17H,1,7-9H2,2-3H3. The van der Waals surface area contributed by atoms with Crippen LogP contribution in [0, 0.1) is 5.82 Å². The monoisotopic (exact) mass is 253 g/mol. The third kappa shape index (κ3) is 3.82. The van der Waals surface area contributed by atoms with Gasteiger partial charge in [0, 0.05) is 31.5 Å². The second-order valence-corrected chi connectivity index (χ2v) is 4.11. The molecule has 1 rings (SSSR count). The van der Waals surface area contributed by atoms with Gasteiger partial charge in [0.2, 0.25) is 0 Å². The minimum atomic E-state index is -0.717. The van der Waals surface area contributed by atoms with Crippen molar-refractivity contribution in [2.24, 2.45) is 0 Å². The largest absolute Gasteiger partial charge is 0.389 e. The van der Waals surface area contributed by atoms with Crippen LogP contribution in [-0.2, 0) is 4.74 Å². The molecule has 1 N–H and O–H groups in total. The van der Waals surface area contributed by atoms with Crippen LogP contribution in [0.2, 0.25) is 0 Å². The van der Waals surface area contributed by atoms with Gasteiger partial charge >= 0.3 is 0 Å². The summed E-state index contributed by atoms with van der Waals surface area (Å²) in [5.41, 5.74) is 1.39. The second kappa shape index (κ2) is 7.13. The van der Waals surface area contributed by atoms with Crippen LogP contribution in [0.3, 0.4) is 0 Å². The van der Waals surface area contributed by atoms with E-state index in [1.165, 1.54) is 12.1 Å². The maximum atomic E-state index is 13.2. The van der Waals surface area contributed by atoms with E-state index in [0.717, 1.165) is 5.69 Å². The van der Waals surface area contributed by atoms with Gasteiger partial charge in [0.1, 0.15) is 5.82 Å². The predicted molar refractivity (Wildman–Crippen MR) is 71.3 cm³/mol. The van der Waals surface area contributed by atoms with Gasteiger partial charge in [-0.25, -0.2) is 4.39 Å². The maximum Gasteiger partial charge on any atom is 0.123 e. The lowest BCUT2D eigenvalue weighted by Crippen LogP contribution is -2.28. The molecule has 1 aromatic carbocycles. The lowest BCUT2D eigenvalue weighted by molar-refractivity contribution is 0.197. The number of rotatable bonds is 7. The van der Waals surface area contributed by atoms with Crippen LogP contribution in [-0.4, -0.2) is 31.9 Å². The van der Waals surface area contributed by atoms with Gasteiger partial charge in [-0.3, -0.25) is 0 Å². The molecule has 0 spiro atoms. The molecule has 0 heterocycles. The van der Waals surface area contributed by atoms with Crippen molar-refractivity contribution in [3.63, 3.8) is 0 Å². The van der Waals surface area contributed by atoms with Crippen LogP contribution in [0.25, 0.3) is 0 Å². The number of ether oxygens (including phenoxy) is 1. The first-order valence-electron chi connectivity index (χ1n) is 5.92. The van der Waals surface area contributed by atoms with Gasteiger partial charge in [0.15, 0.2) is 0 Å².